The summed E-state index contributed by atoms with van der Waals surface area (Å²) in [5.41, 5.74) is 1.12. The minimum absolute atomic E-state index is 0.197. The molecule has 0 fully saturated rings. The van der Waals surface area contributed by atoms with Crippen molar-refractivity contribution in [2.75, 3.05) is 6.61 Å². The highest BCUT2D eigenvalue weighted by Gasteiger charge is 2.17. The maximum absolute atomic E-state index is 13.5. The number of esters is 1. The van der Waals surface area contributed by atoms with Crippen molar-refractivity contribution in [1.82, 2.24) is 9.66 Å². The number of aromatic nitrogens is 2. The molecule has 5 rings (SSSR count). The van der Waals surface area contributed by atoms with Gasteiger partial charge in [0, 0.05) is 21.0 Å². The largest absolute Gasteiger partial charge is 0.481 e. The van der Waals surface area contributed by atoms with Crippen LogP contribution in [0.25, 0.3) is 33.5 Å². The number of halogens is 2. The summed E-state index contributed by atoms with van der Waals surface area (Å²) in [5.74, 6) is 0.351. The fourth-order valence-electron chi connectivity index (χ4n) is 3.82. The minimum atomic E-state index is -0.514. The molecule has 10 heteroatoms. The van der Waals surface area contributed by atoms with E-state index >= 15 is 0 Å². The normalized spacial score (nSPS) is 11.6. The topological polar surface area (TPSA) is 95.9 Å². The van der Waals surface area contributed by atoms with Gasteiger partial charge in [-0.15, -0.1) is 0 Å². The van der Waals surface area contributed by atoms with Crippen LogP contribution in [0.15, 0.2) is 81.0 Å². The number of nitrogens with zero attached hydrogens (tertiary/aromatic N) is 3. The van der Waals surface area contributed by atoms with Crippen molar-refractivity contribution >= 4 is 57.3 Å². The molecule has 0 aliphatic carbocycles. The third-order valence-corrected chi connectivity index (χ3v) is 5.92. The van der Waals surface area contributed by atoms with Crippen molar-refractivity contribution in [3.63, 3.8) is 0 Å². The molecule has 3 aromatic carbocycles. The molecular weight excluding hydrogens is 529 g/mol. The predicted octanol–water partition coefficient (Wildman–Crippen LogP) is 6.33. The standard InChI is InChI=1S/C28H21Cl2N3O5/c1-16(2)37-26(34)15-36-23-9-7-20(30)12-18(23)14-31-33-27(32-22-6-4-3-5-21(22)28(33)35)25-13-17-11-19(29)8-10-24(17)38-25/h3-14,16H,15H2,1-2H3. The van der Waals surface area contributed by atoms with E-state index in [4.69, 9.17) is 37.1 Å². The molecule has 2 aromatic heterocycles. The molecule has 38 heavy (non-hydrogen) atoms. The molecule has 0 aliphatic rings. The Morgan fingerprint density at radius 1 is 1.08 bits per heavy atom. The van der Waals surface area contributed by atoms with Crippen LogP contribution < -0.4 is 10.3 Å². The maximum Gasteiger partial charge on any atom is 0.344 e. The van der Waals surface area contributed by atoms with Crippen LogP contribution in [0.3, 0.4) is 0 Å². The second-order valence-corrected chi connectivity index (χ2v) is 9.49. The molecule has 0 aliphatic heterocycles. The molecule has 0 atom stereocenters. The number of furan rings is 1. The lowest BCUT2D eigenvalue weighted by atomic mass is 10.2. The maximum atomic E-state index is 13.5. The van der Waals surface area contributed by atoms with Gasteiger partial charge in [0.05, 0.1) is 23.2 Å². The zero-order valence-electron chi connectivity index (χ0n) is 20.4. The number of benzene rings is 3. The van der Waals surface area contributed by atoms with Crippen molar-refractivity contribution in [3.05, 3.63) is 92.7 Å². The Hall–Kier alpha value is -4.14. The van der Waals surface area contributed by atoms with Crippen LogP contribution in [0.5, 0.6) is 5.75 Å². The molecular formula is C28H21Cl2N3O5. The van der Waals surface area contributed by atoms with Gasteiger partial charge in [0.15, 0.2) is 12.4 Å². The average molecular weight is 550 g/mol. The van der Waals surface area contributed by atoms with E-state index in [1.807, 2.05) is 0 Å². The molecule has 192 valence electrons. The Kier molecular flexibility index (Phi) is 7.18. The fraction of sp³-hybridized carbons (Fsp3) is 0.143. The highest BCUT2D eigenvalue weighted by molar-refractivity contribution is 6.31. The number of hydrogen-bond acceptors (Lipinski definition) is 7. The molecule has 8 nitrogen and oxygen atoms in total. The second-order valence-electron chi connectivity index (χ2n) is 8.62. The van der Waals surface area contributed by atoms with Crippen LogP contribution in [0.2, 0.25) is 10.0 Å². The van der Waals surface area contributed by atoms with Gasteiger partial charge < -0.3 is 13.9 Å². The van der Waals surface area contributed by atoms with Gasteiger partial charge >= 0.3 is 5.97 Å². The summed E-state index contributed by atoms with van der Waals surface area (Å²) in [7, 11) is 0. The first-order chi connectivity index (χ1) is 18.3. The Morgan fingerprint density at radius 3 is 2.66 bits per heavy atom. The zero-order valence-corrected chi connectivity index (χ0v) is 21.9. The molecule has 0 unspecified atom stereocenters. The summed E-state index contributed by atoms with van der Waals surface area (Å²) in [5, 5.41) is 6.55. The van der Waals surface area contributed by atoms with Crippen LogP contribution in [0.4, 0.5) is 0 Å². The molecule has 0 amide bonds. The van der Waals surface area contributed by atoms with Crippen LogP contribution in [-0.4, -0.2) is 34.6 Å². The number of para-hydroxylation sites is 1. The van der Waals surface area contributed by atoms with Crippen molar-refractivity contribution < 1.29 is 18.7 Å². The van der Waals surface area contributed by atoms with E-state index in [-0.39, 0.29) is 18.5 Å². The Bertz CT molecular complexity index is 1760. The average Bonchev–Trinajstić information content (AvgIpc) is 3.30. The van der Waals surface area contributed by atoms with E-state index in [0.717, 1.165) is 10.1 Å². The Labute approximate surface area is 227 Å². The lowest BCUT2D eigenvalue weighted by Gasteiger charge is -2.11. The van der Waals surface area contributed by atoms with E-state index in [0.29, 0.717) is 43.6 Å². The van der Waals surface area contributed by atoms with Gasteiger partial charge in [-0.2, -0.15) is 9.78 Å². The van der Waals surface area contributed by atoms with Crippen molar-refractivity contribution in [3.8, 4) is 17.3 Å². The number of carbonyl (C=O) groups is 1. The summed E-state index contributed by atoms with van der Waals surface area (Å²) in [6.07, 6.45) is 1.15. The molecule has 0 bridgehead atoms. The van der Waals surface area contributed by atoms with E-state index in [1.165, 1.54) is 6.21 Å². The second kappa shape index (κ2) is 10.7. The first kappa shape index (κ1) is 25.5. The molecule has 0 spiro atoms. The van der Waals surface area contributed by atoms with Gasteiger partial charge in [0.25, 0.3) is 5.56 Å². The molecule has 2 heterocycles. The minimum Gasteiger partial charge on any atom is -0.481 e. The first-order valence-electron chi connectivity index (χ1n) is 11.7. The number of ether oxygens (including phenoxy) is 2. The summed E-state index contributed by atoms with van der Waals surface area (Å²) >= 11 is 12.3. The number of carbonyl (C=O) groups excluding carboxylic acids is 1. The summed E-state index contributed by atoms with van der Waals surface area (Å²) in [6, 6.07) is 18.8. The third-order valence-electron chi connectivity index (χ3n) is 5.45. The number of hydrogen-bond donors (Lipinski definition) is 0. The molecule has 0 saturated heterocycles. The van der Waals surface area contributed by atoms with Gasteiger partial charge in [-0.05, 0) is 68.4 Å². The molecule has 0 saturated carbocycles. The highest BCUT2D eigenvalue weighted by atomic mass is 35.5. The quantitative estimate of drug-likeness (QED) is 0.174. The van der Waals surface area contributed by atoms with Gasteiger partial charge in [-0.25, -0.2) is 9.78 Å². The SMILES string of the molecule is CC(C)OC(=O)COc1ccc(Cl)cc1C=Nn1c(-c2cc3cc(Cl)ccc3o2)nc2ccccc2c1=O. The van der Waals surface area contributed by atoms with E-state index < -0.39 is 11.5 Å². The number of fused-ring (bicyclic) bond motifs is 2. The summed E-state index contributed by atoms with van der Waals surface area (Å²) in [4.78, 5) is 30.1. The summed E-state index contributed by atoms with van der Waals surface area (Å²) in [6.45, 7) is 3.20. The van der Waals surface area contributed by atoms with E-state index in [1.54, 1.807) is 80.6 Å². The van der Waals surface area contributed by atoms with Gasteiger partial charge in [-0.1, -0.05) is 35.3 Å². The van der Waals surface area contributed by atoms with Crippen LogP contribution in [-0.2, 0) is 9.53 Å². The molecule has 5 aromatic rings. The smallest absolute Gasteiger partial charge is 0.344 e. The zero-order chi connectivity index (χ0) is 26.8. The van der Waals surface area contributed by atoms with Crippen LogP contribution >= 0.6 is 23.2 Å². The monoisotopic (exact) mass is 549 g/mol. The van der Waals surface area contributed by atoms with E-state index in [9.17, 15) is 9.59 Å². The predicted molar refractivity (Wildman–Crippen MR) is 147 cm³/mol. The first-order valence-corrected chi connectivity index (χ1v) is 12.4. The highest BCUT2D eigenvalue weighted by Crippen LogP contribution is 2.29. The van der Waals surface area contributed by atoms with Gasteiger partial charge in [0.1, 0.15) is 11.3 Å². The molecule has 0 N–H and O–H groups in total. The number of rotatable bonds is 7. The van der Waals surface area contributed by atoms with Gasteiger partial charge in [0.2, 0.25) is 5.82 Å². The lowest BCUT2D eigenvalue weighted by Crippen LogP contribution is -2.20. The van der Waals surface area contributed by atoms with Crippen molar-refractivity contribution in [2.45, 2.75) is 20.0 Å². The van der Waals surface area contributed by atoms with Crippen LogP contribution in [0, 0.1) is 0 Å². The van der Waals surface area contributed by atoms with Crippen molar-refractivity contribution in [2.24, 2.45) is 5.10 Å². The summed E-state index contributed by atoms with van der Waals surface area (Å²) < 4.78 is 17.9. The van der Waals surface area contributed by atoms with Crippen molar-refractivity contribution in [1.29, 1.82) is 0 Å². The Morgan fingerprint density at radius 2 is 1.84 bits per heavy atom. The van der Waals surface area contributed by atoms with Gasteiger partial charge in [-0.3, -0.25) is 4.79 Å². The van der Waals surface area contributed by atoms with Crippen LogP contribution in [0.1, 0.15) is 19.4 Å². The van der Waals surface area contributed by atoms with E-state index in [2.05, 4.69) is 10.1 Å². The molecule has 0 radical (unpaired) electrons. The Balaban J connectivity index is 1.59. The lowest BCUT2D eigenvalue weighted by molar-refractivity contribution is -0.149. The fourth-order valence-corrected chi connectivity index (χ4v) is 4.18. The third kappa shape index (κ3) is 5.41.